The normalized spacial score (nSPS) is 10.0. The third kappa shape index (κ3) is 4.02. The monoisotopic (exact) mass is 302 g/mol. The Balaban J connectivity index is 1.85. The maximum Gasteiger partial charge on any atom is 0.356 e. The van der Waals surface area contributed by atoms with E-state index in [0.717, 1.165) is 5.56 Å². The number of benzene rings is 1. The van der Waals surface area contributed by atoms with Gasteiger partial charge in [0.1, 0.15) is 11.4 Å². The number of ether oxygens (including phenoxy) is 2. The summed E-state index contributed by atoms with van der Waals surface area (Å²) >= 11 is 0. The van der Waals surface area contributed by atoms with Crippen LogP contribution in [0.15, 0.2) is 42.6 Å². The number of pyridine rings is 1. The van der Waals surface area contributed by atoms with E-state index in [0.29, 0.717) is 18.8 Å². The van der Waals surface area contributed by atoms with Gasteiger partial charge >= 0.3 is 5.97 Å². The zero-order valence-corrected chi connectivity index (χ0v) is 11.9. The molecule has 0 unspecified atom stereocenters. The van der Waals surface area contributed by atoms with Crippen LogP contribution in [0.2, 0.25) is 0 Å². The minimum atomic E-state index is -0.502. The van der Waals surface area contributed by atoms with Crippen LogP contribution in [0, 0.1) is 10.1 Å². The lowest BCUT2D eigenvalue weighted by molar-refractivity contribution is -0.384. The quantitative estimate of drug-likeness (QED) is 0.462. The third-order valence-electron chi connectivity index (χ3n) is 2.94. The molecule has 0 bridgehead atoms. The molecule has 0 spiro atoms. The lowest BCUT2D eigenvalue weighted by Gasteiger charge is -2.06. The maximum absolute atomic E-state index is 11.2. The predicted molar refractivity (Wildman–Crippen MR) is 77.9 cm³/mol. The van der Waals surface area contributed by atoms with Crippen LogP contribution in [-0.2, 0) is 11.2 Å². The third-order valence-corrected chi connectivity index (χ3v) is 2.94. The maximum atomic E-state index is 11.2. The van der Waals surface area contributed by atoms with Gasteiger partial charge in [-0.15, -0.1) is 0 Å². The summed E-state index contributed by atoms with van der Waals surface area (Å²) in [5.41, 5.74) is 1.21. The molecule has 0 radical (unpaired) electrons. The van der Waals surface area contributed by atoms with E-state index in [1.54, 1.807) is 18.2 Å². The van der Waals surface area contributed by atoms with Crippen molar-refractivity contribution in [2.75, 3.05) is 13.7 Å². The average molecular weight is 302 g/mol. The molecule has 1 aromatic carbocycles. The Labute approximate surface area is 126 Å². The highest BCUT2D eigenvalue weighted by molar-refractivity contribution is 5.87. The molecule has 1 aromatic heterocycles. The summed E-state index contributed by atoms with van der Waals surface area (Å²) in [5, 5.41) is 10.5. The molecule has 2 aromatic rings. The van der Waals surface area contributed by atoms with Crippen LogP contribution in [0.25, 0.3) is 0 Å². The zero-order chi connectivity index (χ0) is 15.9. The number of methoxy groups -OCH3 is 1. The van der Waals surface area contributed by atoms with Crippen molar-refractivity contribution in [2.45, 2.75) is 6.42 Å². The van der Waals surface area contributed by atoms with Crippen LogP contribution in [0.3, 0.4) is 0 Å². The van der Waals surface area contributed by atoms with Crippen molar-refractivity contribution < 1.29 is 19.2 Å². The molecule has 22 heavy (non-hydrogen) atoms. The summed E-state index contributed by atoms with van der Waals surface area (Å²) < 4.78 is 10.1. The van der Waals surface area contributed by atoms with Crippen LogP contribution in [0.5, 0.6) is 5.75 Å². The fraction of sp³-hybridized carbons (Fsp3) is 0.200. The Morgan fingerprint density at radius 2 is 1.95 bits per heavy atom. The van der Waals surface area contributed by atoms with E-state index in [9.17, 15) is 14.9 Å². The van der Waals surface area contributed by atoms with Crippen molar-refractivity contribution in [3.05, 3.63) is 64.0 Å². The van der Waals surface area contributed by atoms with Gasteiger partial charge < -0.3 is 9.47 Å². The van der Waals surface area contributed by atoms with Crippen LogP contribution in [0.4, 0.5) is 5.69 Å². The van der Waals surface area contributed by atoms with Crippen LogP contribution < -0.4 is 4.74 Å². The van der Waals surface area contributed by atoms with Gasteiger partial charge in [0.25, 0.3) is 5.69 Å². The first kappa shape index (κ1) is 15.4. The molecule has 114 valence electrons. The summed E-state index contributed by atoms with van der Waals surface area (Å²) in [6.45, 7) is 0.400. The Kier molecular flexibility index (Phi) is 5.02. The van der Waals surface area contributed by atoms with Crippen LogP contribution in [-0.4, -0.2) is 29.6 Å². The number of nitrogens with zero attached hydrogens (tertiary/aromatic N) is 2. The van der Waals surface area contributed by atoms with E-state index >= 15 is 0 Å². The van der Waals surface area contributed by atoms with Gasteiger partial charge in [-0.25, -0.2) is 9.78 Å². The second-order valence-electron chi connectivity index (χ2n) is 4.39. The van der Waals surface area contributed by atoms with Crippen molar-refractivity contribution in [2.24, 2.45) is 0 Å². The van der Waals surface area contributed by atoms with Gasteiger partial charge in [0.15, 0.2) is 0 Å². The molecule has 0 amide bonds. The second kappa shape index (κ2) is 7.16. The average Bonchev–Trinajstić information content (AvgIpc) is 2.55. The molecule has 7 nitrogen and oxygen atoms in total. The van der Waals surface area contributed by atoms with Crippen molar-refractivity contribution in [1.29, 1.82) is 0 Å². The summed E-state index contributed by atoms with van der Waals surface area (Å²) in [7, 11) is 1.29. The summed E-state index contributed by atoms with van der Waals surface area (Å²) in [6, 6.07) is 9.46. The smallest absolute Gasteiger partial charge is 0.356 e. The Bertz CT molecular complexity index is 653. The molecule has 0 aliphatic carbocycles. The van der Waals surface area contributed by atoms with Gasteiger partial charge in [-0.3, -0.25) is 10.1 Å². The molecule has 0 saturated heterocycles. The van der Waals surface area contributed by atoms with Gasteiger partial charge in [-0.2, -0.15) is 0 Å². The highest BCUT2D eigenvalue weighted by Gasteiger charge is 2.07. The van der Waals surface area contributed by atoms with Crippen molar-refractivity contribution in [1.82, 2.24) is 4.98 Å². The number of aromatic nitrogens is 1. The number of rotatable bonds is 6. The Hall–Kier alpha value is -2.96. The first-order valence-electron chi connectivity index (χ1n) is 6.50. The van der Waals surface area contributed by atoms with Crippen LogP contribution in [0.1, 0.15) is 16.1 Å². The molecule has 0 N–H and O–H groups in total. The second-order valence-corrected chi connectivity index (χ2v) is 4.39. The molecular formula is C15H14N2O5. The van der Waals surface area contributed by atoms with Gasteiger partial charge in [0.2, 0.25) is 0 Å². The molecular weight excluding hydrogens is 288 g/mol. The fourth-order valence-corrected chi connectivity index (χ4v) is 1.76. The first-order chi connectivity index (χ1) is 10.6. The molecule has 7 heteroatoms. The van der Waals surface area contributed by atoms with E-state index < -0.39 is 10.9 Å². The van der Waals surface area contributed by atoms with E-state index in [-0.39, 0.29) is 11.4 Å². The number of non-ortho nitro benzene ring substituents is 1. The molecule has 0 fully saturated rings. The molecule has 1 heterocycles. The van der Waals surface area contributed by atoms with E-state index in [2.05, 4.69) is 9.72 Å². The SMILES string of the molecule is COC(=O)c1ccc(OCCc2ccc([N+](=O)[O-])cc2)cn1. The van der Waals surface area contributed by atoms with E-state index in [1.165, 1.54) is 31.5 Å². The highest BCUT2D eigenvalue weighted by Crippen LogP contribution is 2.14. The summed E-state index contributed by atoms with van der Waals surface area (Å²) in [4.78, 5) is 25.3. The van der Waals surface area contributed by atoms with E-state index in [1.807, 2.05) is 0 Å². The highest BCUT2D eigenvalue weighted by atomic mass is 16.6. The lowest BCUT2D eigenvalue weighted by atomic mass is 10.1. The number of hydrogen-bond acceptors (Lipinski definition) is 6. The zero-order valence-electron chi connectivity index (χ0n) is 11.9. The largest absolute Gasteiger partial charge is 0.492 e. The first-order valence-corrected chi connectivity index (χ1v) is 6.50. The van der Waals surface area contributed by atoms with Crippen molar-refractivity contribution >= 4 is 11.7 Å². The standard InChI is InChI=1S/C15H14N2O5/c1-21-15(18)14-7-6-13(10-16-14)22-9-8-11-2-4-12(5-3-11)17(19)20/h2-7,10H,8-9H2,1H3. The molecule has 0 aliphatic rings. The number of carbonyl (C=O) groups is 1. The van der Waals surface area contributed by atoms with Gasteiger partial charge in [-0.05, 0) is 17.7 Å². The molecule has 2 rings (SSSR count). The van der Waals surface area contributed by atoms with Crippen LogP contribution >= 0.6 is 0 Å². The van der Waals surface area contributed by atoms with Gasteiger partial charge in [0.05, 0.1) is 24.8 Å². The number of esters is 1. The minimum absolute atomic E-state index is 0.0623. The predicted octanol–water partition coefficient (Wildman–Crippen LogP) is 2.40. The number of carbonyl (C=O) groups excluding carboxylic acids is 1. The number of hydrogen-bond donors (Lipinski definition) is 0. The Morgan fingerprint density at radius 3 is 2.50 bits per heavy atom. The number of nitro benzene ring substituents is 1. The van der Waals surface area contributed by atoms with Gasteiger partial charge in [0, 0.05) is 18.6 Å². The number of nitro groups is 1. The Morgan fingerprint density at radius 1 is 1.23 bits per heavy atom. The van der Waals surface area contributed by atoms with E-state index in [4.69, 9.17) is 4.74 Å². The fourth-order valence-electron chi connectivity index (χ4n) is 1.76. The summed E-state index contributed by atoms with van der Waals surface area (Å²) in [6.07, 6.45) is 2.05. The summed E-state index contributed by atoms with van der Waals surface area (Å²) in [5.74, 6) is 0.0343. The molecule has 0 aliphatic heterocycles. The molecule has 0 saturated carbocycles. The van der Waals surface area contributed by atoms with Crippen molar-refractivity contribution in [3.8, 4) is 5.75 Å². The molecule has 0 atom stereocenters. The van der Waals surface area contributed by atoms with Gasteiger partial charge in [-0.1, -0.05) is 12.1 Å². The topological polar surface area (TPSA) is 91.6 Å². The van der Waals surface area contributed by atoms with Crippen molar-refractivity contribution in [3.63, 3.8) is 0 Å². The minimum Gasteiger partial charge on any atom is -0.492 e. The lowest BCUT2D eigenvalue weighted by Crippen LogP contribution is -2.05.